The number of hydrogen-bond acceptors (Lipinski definition) is 7. The number of rotatable bonds is 9. The normalized spacial score (nSPS) is 15.3. The number of nitrogens with zero attached hydrogens (tertiary/aromatic N) is 3. The maximum absolute atomic E-state index is 13.0. The molecule has 8 nitrogen and oxygen atoms in total. The van der Waals surface area contributed by atoms with E-state index in [9.17, 15) is 23.1 Å². The molecule has 0 saturated heterocycles. The van der Waals surface area contributed by atoms with Gasteiger partial charge >= 0.3 is 12.1 Å². The van der Waals surface area contributed by atoms with Gasteiger partial charge in [0.25, 0.3) is 0 Å². The number of nitrogen functional groups attached to an aromatic ring is 1. The average Bonchev–Trinajstić information content (AvgIpc) is 3.31. The first-order valence-corrected chi connectivity index (χ1v) is 10.9. The van der Waals surface area contributed by atoms with Crippen molar-refractivity contribution in [1.29, 1.82) is 0 Å². The van der Waals surface area contributed by atoms with Crippen LogP contribution in [0.2, 0.25) is 0 Å². The Morgan fingerprint density at radius 1 is 1.30 bits per heavy atom. The Hall–Kier alpha value is -3.24. The number of nitrogens with two attached hydrogens (primary N) is 1. The molecule has 0 bridgehead atoms. The largest absolute Gasteiger partial charge is 0.480 e. The van der Waals surface area contributed by atoms with Gasteiger partial charge in [-0.1, -0.05) is 31.9 Å². The zero-order valence-corrected chi connectivity index (χ0v) is 18.6. The number of carboxylic acid groups (broad SMARTS) is 1. The van der Waals surface area contributed by atoms with Crippen molar-refractivity contribution in [3.05, 3.63) is 35.4 Å². The van der Waals surface area contributed by atoms with Crippen LogP contribution in [-0.4, -0.2) is 40.2 Å². The van der Waals surface area contributed by atoms with Crippen LogP contribution in [0.3, 0.4) is 0 Å². The monoisotopic (exact) mass is 466 g/mol. The molecule has 1 aliphatic rings. The minimum absolute atomic E-state index is 0.0489. The van der Waals surface area contributed by atoms with Crippen molar-refractivity contribution in [2.45, 2.75) is 63.8 Å². The first-order chi connectivity index (χ1) is 15.6. The van der Waals surface area contributed by atoms with E-state index in [-0.39, 0.29) is 30.0 Å². The predicted molar refractivity (Wildman–Crippen MR) is 121 cm³/mol. The molecule has 0 radical (unpaired) electrons. The quantitative estimate of drug-likeness (QED) is 0.431. The van der Waals surface area contributed by atoms with Gasteiger partial charge in [-0.05, 0) is 37.0 Å². The van der Waals surface area contributed by atoms with Crippen molar-refractivity contribution in [1.82, 2.24) is 9.97 Å². The molecule has 11 heteroatoms. The second kappa shape index (κ2) is 10.1. The molecular weight excluding hydrogens is 437 g/mol. The van der Waals surface area contributed by atoms with Crippen molar-refractivity contribution >= 4 is 29.2 Å². The third-order valence-electron chi connectivity index (χ3n) is 5.86. The number of carbonyl (C=O) groups is 1. The van der Waals surface area contributed by atoms with E-state index in [0.29, 0.717) is 17.8 Å². The molecule has 1 aromatic heterocycles. The van der Waals surface area contributed by atoms with Gasteiger partial charge in [-0.15, -0.1) is 0 Å². The molecule has 1 atom stereocenters. The van der Waals surface area contributed by atoms with Crippen LogP contribution in [0.15, 0.2) is 24.3 Å². The number of aliphatic carboxylic acids is 1. The van der Waals surface area contributed by atoms with E-state index in [1.807, 2.05) is 11.9 Å². The van der Waals surface area contributed by atoms with Crippen molar-refractivity contribution in [3.63, 3.8) is 0 Å². The summed E-state index contributed by atoms with van der Waals surface area (Å²) in [4.78, 5) is 22.2. The van der Waals surface area contributed by atoms with Gasteiger partial charge in [0.1, 0.15) is 11.7 Å². The molecule has 2 aromatic rings. The van der Waals surface area contributed by atoms with Crippen molar-refractivity contribution in [2.75, 3.05) is 28.3 Å². The van der Waals surface area contributed by atoms with Crippen molar-refractivity contribution in [2.24, 2.45) is 0 Å². The molecule has 0 amide bonds. The minimum atomic E-state index is -4.44. The summed E-state index contributed by atoms with van der Waals surface area (Å²) in [6.07, 6.45) is 0.0459. The molecule has 1 aliphatic carbocycles. The highest BCUT2D eigenvalue weighted by Gasteiger charge is 2.30. The van der Waals surface area contributed by atoms with Crippen LogP contribution < -0.4 is 21.3 Å². The van der Waals surface area contributed by atoms with Gasteiger partial charge in [-0.25, -0.2) is 4.79 Å². The van der Waals surface area contributed by atoms with Crippen molar-refractivity contribution < 1.29 is 23.1 Å². The van der Waals surface area contributed by atoms with Crippen LogP contribution in [0, 0.1) is 0 Å². The SMILES string of the molecule is CC[C@@H](Nc1nc(NCc2cccc(C(F)(F)F)c2)c(N)c(N(C)C2CCCC2)n1)C(=O)O. The van der Waals surface area contributed by atoms with E-state index >= 15 is 0 Å². The number of alkyl halides is 3. The first-order valence-electron chi connectivity index (χ1n) is 10.9. The summed E-state index contributed by atoms with van der Waals surface area (Å²) in [5, 5.41) is 15.2. The maximum atomic E-state index is 13.0. The molecular formula is C22H29F3N6O2. The molecule has 1 heterocycles. The lowest BCUT2D eigenvalue weighted by molar-refractivity contribution is -0.138. The lowest BCUT2D eigenvalue weighted by Gasteiger charge is -2.28. The molecule has 0 spiro atoms. The Kier molecular flexibility index (Phi) is 7.50. The summed E-state index contributed by atoms with van der Waals surface area (Å²) in [6.45, 7) is 1.77. The van der Waals surface area contributed by atoms with Crippen LogP contribution in [-0.2, 0) is 17.5 Å². The predicted octanol–water partition coefficient (Wildman–Crippen LogP) is 4.34. The van der Waals surface area contributed by atoms with Gasteiger partial charge in [0.05, 0.1) is 5.56 Å². The lowest BCUT2D eigenvalue weighted by atomic mass is 10.1. The zero-order valence-electron chi connectivity index (χ0n) is 18.6. The number of halogens is 3. The fourth-order valence-electron chi connectivity index (χ4n) is 3.93. The number of anilines is 4. The molecule has 1 fully saturated rings. The fourth-order valence-corrected chi connectivity index (χ4v) is 3.93. The molecule has 0 unspecified atom stereocenters. The summed E-state index contributed by atoms with van der Waals surface area (Å²) in [5.41, 5.74) is 6.27. The van der Waals surface area contributed by atoms with Crippen LogP contribution in [0.5, 0.6) is 0 Å². The first kappa shape index (κ1) is 24.4. The highest BCUT2D eigenvalue weighted by molar-refractivity contribution is 5.79. The fraction of sp³-hybridized carbons (Fsp3) is 0.500. The Labute approximate surface area is 190 Å². The van der Waals surface area contributed by atoms with Gasteiger partial charge in [0.15, 0.2) is 11.6 Å². The lowest BCUT2D eigenvalue weighted by Crippen LogP contribution is -2.32. The molecule has 5 N–H and O–H groups in total. The van der Waals surface area contributed by atoms with Gasteiger partial charge in [0, 0.05) is 19.6 Å². The second-order valence-corrected chi connectivity index (χ2v) is 8.18. The number of benzene rings is 1. The van der Waals surface area contributed by atoms with E-state index in [4.69, 9.17) is 5.73 Å². The smallest absolute Gasteiger partial charge is 0.416 e. The van der Waals surface area contributed by atoms with Gasteiger partial charge in [0.2, 0.25) is 5.95 Å². The third-order valence-corrected chi connectivity index (χ3v) is 5.86. The molecule has 1 aromatic carbocycles. The van der Waals surface area contributed by atoms with Crippen LogP contribution in [0.25, 0.3) is 0 Å². The zero-order chi connectivity index (χ0) is 24.2. The number of nitrogens with one attached hydrogen (secondary N) is 2. The average molecular weight is 467 g/mol. The van der Waals surface area contributed by atoms with E-state index in [1.165, 1.54) is 6.07 Å². The summed E-state index contributed by atoms with van der Waals surface area (Å²) >= 11 is 0. The van der Waals surface area contributed by atoms with E-state index < -0.39 is 23.8 Å². The maximum Gasteiger partial charge on any atom is 0.416 e. The van der Waals surface area contributed by atoms with Crippen LogP contribution >= 0.6 is 0 Å². The Morgan fingerprint density at radius 3 is 2.61 bits per heavy atom. The molecule has 180 valence electrons. The Balaban J connectivity index is 1.91. The van der Waals surface area contributed by atoms with Gasteiger partial charge in [-0.3, -0.25) is 0 Å². The van der Waals surface area contributed by atoms with E-state index in [0.717, 1.165) is 37.8 Å². The highest BCUT2D eigenvalue weighted by atomic mass is 19.4. The topological polar surface area (TPSA) is 116 Å². The molecule has 1 saturated carbocycles. The number of aromatic nitrogens is 2. The molecule has 33 heavy (non-hydrogen) atoms. The second-order valence-electron chi connectivity index (χ2n) is 8.18. The summed E-state index contributed by atoms with van der Waals surface area (Å²) in [6, 6.07) is 4.33. The molecule has 0 aliphatic heterocycles. The van der Waals surface area contributed by atoms with E-state index in [1.54, 1.807) is 13.0 Å². The minimum Gasteiger partial charge on any atom is -0.480 e. The Bertz CT molecular complexity index is 979. The van der Waals surface area contributed by atoms with Crippen LogP contribution in [0.4, 0.5) is 36.4 Å². The van der Waals surface area contributed by atoms with Gasteiger partial charge < -0.3 is 26.4 Å². The van der Waals surface area contributed by atoms with Crippen molar-refractivity contribution in [3.8, 4) is 0 Å². The van der Waals surface area contributed by atoms with Gasteiger partial charge in [-0.2, -0.15) is 23.1 Å². The summed E-state index contributed by atoms with van der Waals surface area (Å²) < 4.78 is 39.1. The van der Waals surface area contributed by atoms with Crippen LogP contribution in [0.1, 0.15) is 50.2 Å². The molecule has 3 rings (SSSR count). The van der Waals surface area contributed by atoms with E-state index in [2.05, 4.69) is 20.6 Å². The Morgan fingerprint density at radius 2 is 2.00 bits per heavy atom. The third kappa shape index (κ3) is 5.96. The summed E-state index contributed by atoms with van der Waals surface area (Å²) in [7, 11) is 1.88. The number of hydrogen-bond donors (Lipinski definition) is 4. The standard InChI is InChI=1S/C22H29F3N6O2/c1-3-16(20(32)33)28-21-29-18(17(26)19(30-21)31(2)15-9-4-5-10-15)27-12-13-7-6-8-14(11-13)22(23,24)25/h6-8,11,15-16H,3-5,9-10,12,26H2,1-2H3,(H,32,33)(H2,27,28,29,30)/t16-/m1/s1. The summed E-state index contributed by atoms with van der Waals surface area (Å²) in [5.74, 6) is -0.275. The highest BCUT2D eigenvalue weighted by Crippen LogP contribution is 2.34. The number of carboxylic acids is 1.